The lowest BCUT2D eigenvalue weighted by atomic mass is 10.2. The number of hydrogen-bond donors (Lipinski definition) is 2. The van der Waals surface area contributed by atoms with Crippen molar-refractivity contribution in [1.29, 1.82) is 0 Å². The fraction of sp³-hybridized carbons (Fsp3) is 0.105. The molecule has 0 atom stereocenters. The first-order chi connectivity index (χ1) is 13.6. The topological polar surface area (TPSA) is 76.0 Å². The van der Waals surface area contributed by atoms with Gasteiger partial charge in [-0.25, -0.2) is 13.9 Å². The van der Waals surface area contributed by atoms with Gasteiger partial charge in [0.25, 0.3) is 5.91 Å². The summed E-state index contributed by atoms with van der Waals surface area (Å²) in [6.45, 7) is 1.45. The Morgan fingerprint density at radius 3 is 2.34 bits per heavy atom. The number of halogens is 4. The summed E-state index contributed by atoms with van der Waals surface area (Å²) in [7, 11) is 0. The van der Waals surface area contributed by atoms with Crippen molar-refractivity contribution < 1.29 is 27.2 Å². The lowest BCUT2D eigenvalue weighted by molar-refractivity contribution is -0.142. The Morgan fingerprint density at radius 2 is 1.72 bits per heavy atom. The minimum atomic E-state index is -4.57. The van der Waals surface area contributed by atoms with Crippen LogP contribution < -0.4 is 10.6 Å². The summed E-state index contributed by atoms with van der Waals surface area (Å²) in [4.78, 5) is 23.8. The van der Waals surface area contributed by atoms with E-state index in [1.807, 2.05) is 5.32 Å². The SMILES string of the molecule is Cc1cc(C(F)(F)F)n(-c2ccc(NC(=O)NC(=O)c3cccc(F)c3)cc2)n1. The number of carbonyl (C=O) groups excluding carboxylic acids is 2. The number of amides is 3. The largest absolute Gasteiger partial charge is 0.433 e. The van der Waals surface area contributed by atoms with E-state index in [1.165, 1.54) is 43.3 Å². The molecule has 0 aliphatic carbocycles. The van der Waals surface area contributed by atoms with E-state index in [1.54, 1.807) is 0 Å². The monoisotopic (exact) mass is 406 g/mol. The Balaban J connectivity index is 1.70. The Bertz CT molecular complexity index is 1060. The van der Waals surface area contributed by atoms with Crippen LogP contribution in [0, 0.1) is 12.7 Å². The summed E-state index contributed by atoms with van der Waals surface area (Å²) in [5.74, 6) is -1.43. The van der Waals surface area contributed by atoms with Gasteiger partial charge in [0, 0.05) is 11.3 Å². The zero-order valence-corrected chi connectivity index (χ0v) is 14.9. The number of nitrogens with one attached hydrogen (secondary N) is 2. The van der Waals surface area contributed by atoms with Crippen LogP contribution in [-0.4, -0.2) is 21.7 Å². The van der Waals surface area contributed by atoms with Gasteiger partial charge >= 0.3 is 12.2 Å². The molecule has 0 spiro atoms. The van der Waals surface area contributed by atoms with Crippen LogP contribution in [0.5, 0.6) is 0 Å². The average Bonchev–Trinajstić information content (AvgIpc) is 3.04. The number of aryl methyl sites for hydroxylation is 1. The molecule has 0 fully saturated rings. The minimum absolute atomic E-state index is 0.0377. The van der Waals surface area contributed by atoms with Crippen LogP contribution >= 0.6 is 0 Å². The molecule has 3 rings (SSSR count). The Hall–Kier alpha value is -3.69. The third kappa shape index (κ3) is 4.78. The highest BCUT2D eigenvalue weighted by atomic mass is 19.4. The van der Waals surface area contributed by atoms with Gasteiger partial charge in [-0.3, -0.25) is 10.1 Å². The number of anilines is 1. The van der Waals surface area contributed by atoms with Gasteiger partial charge in [0.2, 0.25) is 0 Å². The lowest BCUT2D eigenvalue weighted by Gasteiger charge is -2.11. The molecule has 3 aromatic rings. The van der Waals surface area contributed by atoms with E-state index >= 15 is 0 Å². The van der Waals surface area contributed by atoms with Gasteiger partial charge in [0.1, 0.15) is 11.5 Å². The highest BCUT2D eigenvalue weighted by Crippen LogP contribution is 2.31. The quantitative estimate of drug-likeness (QED) is 0.637. The number of hydrogen-bond acceptors (Lipinski definition) is 3. The van der Waals surface area contributed by atoms with Gasteiger partial charge in [-0.15, -0.1) is 0 Å². The van der Waals surface area contributed by atoms with Gasteiger partial charge in [-0.2, -0.15) is 18.3 Å². The molecule has 6 nitrogen and oxygen atoms in total. The van der Waals surface area contributed by atoms with Crippen LogP contribution in [0.15, 0.2) is 54.6 Å². The number of imide groups is 1. The molecular weight excluding hydrogens is 392 g/mol. The second-order valence-corrected chi connectivity index (χ2v) is 6.05. The van der Waals surface area contributed by atoms with Crippen LogP contribution in [0.4, 0.5) is 28.0 Å². The Morgan fingerprint density at radius 1 is 1.03 bits per heavy atom. The Kier molecular flexibility index (Phi) is 5.35. The van der Waals surface area contributed by atoms with E-state index in [0.29, 0.717) is 0 Å². The second kappa shape index (κ2) is 7.74. The fourth-order valence-electron chi connectivity index (χ4n) is 2.55. The smallest absolute Gasteiger partial charge is 0.308 e. The van der Waals surface area contributed by atoms with Crippen LogP contribution in [0.1, 0.15) is 21.7 Å². The van der Waals surface area contributed by atoms with Crippen molar-refractivity contribution in [3.63, 3.8) is 0 Å². The summed E-state index contributed by atoms with van der Waals surface area (Å²) >= 11 is 0. The molecule has 2 N–H and O–H groups in total. The van der Waals surface area contributed by atoms with Crippen molar-refractivity contribution in [2.24, 2.45) is 0 Å². The first kappa shape index (κ1) is 20.1. The first-order valence-corrected chi connectivity index (χ1v) is 8.26. The predicted octanol–water partition coefficient (Wildman–Crippen LogP) is 4.30. The highest BCUT2D eigenvalue weighted by molar-refractivity contribution is 6.07. The third-order valence-electron chi connectivity index (χ3n) is 3.81. The van der Waals surface area contributed by atoms with Gasteiger partial charge in [-0.05, 0) is 55.5 Å². The van der Waals surface area contributed by atoms with Crippen molar-refractivity contribution in [2.75, 3.05) is 5.32 Å². The van der Waals surface area contributed by atoms with Gasteiger partial charge in [0.05, 0.1) is 11.4 Å². The van der Waals surface area contributed by atoms with Crippen molar-refractivity contribution >= 4 is 17.6 Å². The van der Waals surface area contributed by atoms with Crippen LogP contribution in [-0.2, 0) is 6.18 Å². The van der Waals surface area contributed by atoms with Gasteiger partial charge in [-0.1, -0.05) is 6.07 Å². The summed E-state index contributed by atoms with van der Waals surface area (Å²) in [6.07, 6.45) is -4.57. The molecule has 0 saturated heterocycles. The summed E-state index contributed by atoms with van der Waals surface area (Å²) in [5, 5.41) is 8.24. The summed E-state index contributed by atoms with van der Waals surface area (Å²) < 4.78 is 53.2. The molecule has 3 amide bonds. The maximum atomic E-state index is 13.1. The minimum Gasteiger partial charge on any atom is -0.308 e. The number of nitrogens with zero attached hydrogens (tertiary/aromatic N) is 2. The molecule has 10 heteroatoms. The molecule has 0 aliphatic heterocycles. The number of aromatic nitrogens is 2. The standard InChI is InChI=1S/C19H14F4N4O2/c1-11-9-16(19(21,22)23)27(26-11)15-7-5-14(6-8-15)24-18(29)25-17(28)12-3-2-4-13(20)10-12/h2-10H,1H3,(H2,24,25,28,29). The van der Waals surface area contributed by atoms with E-state index in [-0.39, 0.29) is 22.6 Å². The number of alkyl halides is 3. The average molecular weight is 406 g/mol. The van der Waals surface area contributed by atoms with Crippen LogP contribution in [0.25, 0.3) is 5.69 Å². The van der Waals surface area contributed by atoms with Crippen LogP contribution in [0.3, 0.4) is 0 Å². The molecule has 0 aliphatic rings. The van der Waals surface area contributed by atoms with Crippen molar-refractivity contribution in [2.45, 2.75) is 13.1 Å². The fourth-order valence-corrected chi connectivity index (χ4v) is 2.55. The van der Waals surface area contributed by atoms with Gasteiger partial charge < -0.3 is 5.32 Å². The van der Waals surface area contributed by atoms with E-state index in [0.717, 1.165) is 22.9 Å². The van der Waals surface area contributed by atoms with Crippen molar-refractivity contribution in [3.8, 4) is 5.69 Å². The highest BCUT2D eigenvalue weighted by Gasteiger charge is 2.35. The molecule has 0 saturated carbocycles. The van der Waals surface area contributed by atoms with E-state index < -0.39 is 29.6 Å². The molecular formula is C19H14F4N4O2. The zero-order valence-electron chi connectivity index (χ0n) is 14.9. The third-order valence-corrected chi connectivity index (χ3v) is 3.81. The number of benzene rings is 2. The number of urea groups is 1. The second-order valence-electron chi connectivity index (χ2n) is 6.05. The molecule has 1 aromatic heterocycles. The summed E-state index contributed by atoms with van der Waals surface area (Å²) in [6, 6.07) is 10.2. The number of carbonyl (C=O) groups is 2. The maximum Gasteiger partial charge on any atom is 0.433 e. The molecule has 1 heterocycles. The number of rotatable bonds is 3. The molecule has 0 bridgehead atoms. The Labute approximate surface area is 162 Å². The van der Waals surface area contributed by atoms with Gasteiger partial charge in [0.15, 0.2) is 0 Å². The van der Waals surface area contributed by atoms with E-state index in [4.69, 9.17) is 0 Å². The zero-order chi connectivity index (χ0) is 21.2. The molecule has 29 heavy (non-hydrogen) atoms. The predicted molar refractivity (Wildman–Crippen MR) is 96.2 cm³/mol. The first-order valence-electron chi connectivity index (χ1n) is 8.26. The maximum absolute atomic E-state index is 13.1. The molecule has 2 aromatic carbocycles. The summed E-state index contributed by atoms with van der Waals surface area (Å²) in [5.41, 5.74) is -0.379. The molecule has 150 valence electrons. The van der Waals surface area contributed by atoms with E-state index in [2.05, 4.69) is 10.4 Å². The lowest BCUT2D eigenvalue weighted by Crippen LogP contribution is -2.34. The van der Waals surface area contributed by atoms with Crippen LogP contribution in [0.2, 0.25) is 0 Å². The van der Waals surface area contributed by atoms with Crippen molar-refractivity contribution in [3.05, 3.63) is 77.4 Å². The van der Waals surface area contributed by atoms with E-state index in [9.17, 15) is 27.2 Å². The van der Waals surface area contributed by atoms with Crippen molar-refractivity contribution in [1.82, 2.24) is 15.1 Å². The normalized spacial score (nSPS) is 11.2. The molecule has 0 unspecified atom stereocenters. The molecule has 0 radical (unpaired) electrons.